The van der Waals surface area contributed by atoms with E-state index in [9.17, 15) is 4.79 Å². The van der Waals surface area contributed by atoms with E-state index in [1.807, 2.05) is 28.5 Å². The van der Waals surface area contributed by atoms with Crippen molar-refractivity contribution >= 4 is 17.2 Å². The molecule has 1 aliphatic heterocycles. The molecule has 116 valence electrons. The first-order chi connectivity index (χ1) is 10.6. The number of nitrogens with zero attached hydrogens (tertiary/aromatic N) is 2. The second-order valence-corrected chi connectivity index (χ2v) is 7.39. The van der Waals surface area contributed by atoms with Crippen molar-refractivity contribution in [3.05, 3.63) is 52.0 Å². The van der Waals surface area contributed by atoms with Gasteiger partial charge in [0.2, 0.25) is 0 Å². The molecular formula is C18H22N2OS. The van der Waals surface area contributed by atoms with E-state index in [1.54, 1.807) is 11.3 Å². The van der Waals surface area contributed by atoms with Gasteiger partial charge in [-0.2, -0.15) is 0 Å². The van der Waals surface area contributed by atoms with Crippen LogP contribution in [0.15, 0.2) is 35.7 Å². The fraction of sp³-hybridized carbons (Fsp3) is 0.444. The van der Waals surface area contributed by atoms with Crippen LogP contribution in [0.4, 0.5) is 0 Å². The van der Waals surface area contributed by atoms with E-state index in [-0.39, 0.29) is 5.91 Å². The highest BCUT2D eigenvalue weighted by Gasteiger charge is 2.27. The molecular weight excluding hydrogens is 292 g/mol. The lowest BCUT2D eigenvalue weighted by Gasteiger charge is -2.34. The smallest absolute Gasteiger partial charge is 0.273 e. The van der Waals surface area contributed by atoms with Gasteiger partial charge in [0, 0.05) is 24.9 Å². The van der Waals surface area contributed by atoms with Crippen LogP contribution in [0.1, 0.15) is 41.3 Å². The summed E-state index contributed by atoms with van der Waals surface area (Å²) in [6, 6.07) is 10.3. The van der Waals surface area contributed by atoms with Crippen molar-refractivity contribution < 1.29 is 4.79 Å². The summed E-state index contributed by atoms with van der Waals surface area (Å²) < 4.78 is 0. The lowest BCUT2D eigenvalue weighted by molar-refractivity contribution is 0.0618. The van der Waals surface area contributed by atoms with Crippen molar-refractivity contribution in [1.29, 1.82) is 0 Å². The Labute approximate surface area is 136 Å². The second-order valence-electron chi connectivity index (χ2n) is 6.45. The minimum atomic E-state index is 0.0916. The van der Waals surface area contributed by atoms with Crippen LogP contribution >= 0.6 is 11.3 Å². The molecule has 2 atom stereocenters. The van der Waals surface area contributed by atoms with Crippen molar-refractivity contribution in [2.24, 2.45) is 11.8 Å². The van der Waals surface area contributed by atoms with Gasteiger partial charge in [-0.05, 0) is 23.8 Å². The summed E-state index contributed by atoms with van der Waals surface area (Å²) in [6.45, 7) is 6.15. The molecule has 1 aliphatic rings. The number of rotatable bonds is 3. The molecule has 2 unspecified atom stereocenters. The van der Waals surface area contributed by atoms with Crippen LogP contribution in [0.5, 0.6) is 0 Å². The average Bonchev–Trinajstić information content (AvgIpc) is 2.95. The van der Waals surface area contributed by atoms with Crippen molar-refractivity contribution in [3.8, 4) is 0 Å². The number of hydrogen-bond acceptors (Lipinski definition) is 3. The predicted octanol–water partition coefficient (Wildman–Crippen LogP) is 3.85. The maximum Gasteiger partial charge on any atom is 0.273 e. The van der Waals surface area contributed by atoms with Gasteiger partial charge in [-0.3, -0.25) is 4.79 Å². The van der Waals surface area contributed by atoms with Gasteiger partial charge in [-0.25, -0.2) is 4.98 Å². The first-order valence-corrected chi connectivity index (χ1v) is 8.77. The Kier molecular flexibility index (Phi) is 4.57. The zero-order valence-corrected chi connectivity index (χ0v) is 14.0. The van der Waals surface area contributed by atoms with Crippen LogP contribution in [0.3, 0.4) is 0 Å². The highest BCUT2D eigenvalue weighted by molar-refractivity contribution is 7.09. The third-order valence-corrected chi connectivity index (χ3v) is 4.97. The quantitative estimate of drug-likeness (QED) is 0.862. The Hall–Kier alpha value is -1.68. The van der Waals surface area contributed by atoms with Crippen LogP contribution in [0.2, 0.25) is 0 Å². The zero-order chi connectivity index (χ0) is 15.5. The van der Waals surface area contributed by atoms with Crippen molar-refractivity contribution in [2.45, 2.75) is 26.7 Å². The number of hydrogen-bond donors (Lipinski definition) is 0. The summed E-state index contributed by atoms with van der Waals surface area (Å²) in [7, 11) is 0. The number of thiazole rings is 1. The maximum absolute atomic E-state index is 12.6. The van der Waals surface area contributed by atoms with Crippen LogP contribution in [0, 0.1) is 11.8 Å². The molecule has 3 nitrogen and oxygen atoms in total. The molecule has 2 aromatic rings. The third-order valence-electron chi connectivity index (χ3n) is 4.13. The van der Waals surface area contributed by atoms with Crippen molar-refractivity contribution in [2.75, 3.05) is 13.1 Å². The summed E-state index contributed by atoms with van der Waals surface area (Å²) in [5.41, 5.74) is 1.84. The largest absolute Gasteiger partial charge is 0.337 e. The number of carbonyl (C=O) groups is 1. The fourth-order valence-electron chi connectivity index (χ4n) is 3.25. The van der Waals surface area contributed by atoms with Gasteiger partial charge in [-0.15, -0.1) is 11.3 Å². The summed E-state index contributed by atoms with van der Waals surface area (Å²) in [4.78, 5) is 19.2. The lowest BCUT2D eigenvalue weighted by atomic mass is 9.92. The monoisotopic (exact) mass is 314 g/mol. The van der Waals surface area contributed by atoms with Gasteiger partial charge in [0.25, 0.3) is 5.91 Å². The number of benzene rings is 1. The standard InChI is InChI=1S/C18H22N2OS/c1-13-8-14(2)11-20(10-13)18(21)16-12-22-17(19-16)9-15-6-4-3-5-7-15/h3-7,12-14H,8-11H2,1-2H3. The Morgan fingerprint density at radius 1 is 1.23 bits per heavy atom. The molecule has 3 rings (SSSR count). The summed E-state index contributed by atoms with van der Waals surface area (Å²) in [5, 5.41) is 2.91. The Morgan fingerprint density at radius 3 is 2.59 bits per heavy atom. The molecule has 1 aromatic heterocycles. The predicted molar refractivity (Wildman–Crippen MR) is 90.2 cm³/mol. The van der Waals surface area contributed by atoms with E-state index in [4.69, 9.17) is 0 Å². The second kappa shape index (κ2) is 6.61. The van der Waals surface area contributed by atoms with Crippen LogP contribution in [0.25, 0.3) is 0 Å². The van der Waals surface area contributed by atoms with E-state index >= 15 is 0 Å². The number of carbonyl (C=O) groups excluding carboxylic acids is 1. The SMILES string of the molecule is CC1CC(C)CN(C(=O)c2csc(Cc3ccccc3)n2)C1. The molecule has 2 heterocycles. The zero-order valence-electron chi connectivity index (χ0n) is 13.2. The maximum atomic E-state index is 12.6. The number of piperidine rings is 1. The van der Waals surface area contributed by atoms with Gasteiger partial charge in [-0.1, -0.05) is 44.2 Å². The Morgan fingerprint density at radius 2 is 1.91 bits per heavy atom. The van der Waals surface area contributed by atoms with E-state index in [0.29, 0.717) is 17.5 Å². The highest BCUT2D eigenvalue weighted by atomic mass is 32.1. The molecule has 0 bridgehead atoms. The third kappa shape index (κ3) is 3.55. The van der Waals surface area contributed by atoms with E-state index in [1.165, 1.54) is 12.0 Å². The van der Waals surface area contributed by atoms with Crippen LogP contribution in [-0.2, 0) is 6.42 Å². The minimum absolute atomic E-state index is 0.0916. The van der Waals surface area contributed by atoms with Gasteiger partial charge < -0.3 is 4.90 Å². The molecule has 0 radical (unpaired) electrons. The van der Waals surface area contributed by atoms with Gasteiger partial charge in [0.05, 0.1) is 5.01 Å². The van der Waals surface area contributed by atoms with E-state index < -0.39 is 0 Å². The van der Waals surface area contributed by atoms with Crippen molar-refractivity contribution in [3.63, 3.8) is 0 Å². The van der Waals surface area contributed by atoms with Gasteiger partial charge in [0.1, 0.15) is 5.69 Å². The fourth-order valence-corrected chi connectivity index (χ4v) is 4.05. The summed E-state index contributed by atoms with van der Waals surface area (Å²) in [6.07, 6.45) is 2.01. The number of aromatic nitrogens is 1. The van der Waals surface area contributed by atoms with E-state index in [2.05, 4.69) is 31.0 Å². The highest BCUT2D eigenvalue weighted by Crippen LogP contribution is 2.23. The van der Waals surface area contributed by atoms with Gasteiger partial charge in [0.15, 0.2) is 0 Å². The topological polar surface area (TPSA) is 33.2 Å². The first-order valence-electron chi connectivity index (χ1n) is 7.89. The molecule has 1 amide bonds. The number of likely N-dealkylation sites (tertiary alicyclic amines) is 1. The molecule has 1 fully saturated rings. The molecule has 0 aliphatic carbocycles. The average molecular weight is 314 g/mol. The molecule has 1 saturated heterocycles. The summed E-state index contributed by atoms with van der Waals surface area (Å²) >= 11 is 1.58. The molecule has 0 spiro atoms. The van der Waals surface area contributed by atoms with E-state index in [0.717, 1.165) is 24.5 Å². The molecule has 0 saturated carbocycles. The molecule has 1 aromatic carbocycles. The minimum Gasteiger partial charge on any atom is -0.337 e. The lowest BCUT2D eigenvalue weighted by Crippen LogP contribution is -2.42. The Bertz CT molecular complexity index is 628. The first kappa shape index (κ1) is 15.2. The number of amides is 1. The summed E-state index contributed by atoms with van der Waals surface area (Å²) in [5.74, 6) is 1.25. The van der Waals surface area contributed by atoms with Gasteiger partial charge >= 0.3 is 0 Å². The molecule has 22 heavy (non-hydrogen) atoms. The van der Waals surface area contributed by atoms with Crippen molar-refractivity contribution in [1.82, 2.24) is 9.88 Å². The Balaban J connectivity index is 1.69. The van der Waals surface area contributed by atoms with Crippen LogP contribution in [-0.4, -0.2) is 28.9 Å². The molecule has 0 N–H and O–H groups in total. The molecule has 4 heteroatoms. The van der Waals surface area contributed by atoms with Crippen LogP contribution < -0.4 is 0 Å². The normalized spacial score (nSPS) is 21.8.